The normalized spacial score (nSPS) is 10.6. The number of halogens is 1. The fourth-order valence-electron chi connectivity index (χ4n) is 2.98. The summed E-state index contributed by atoms with van der Waals surface area (Å²) in [5, 5.41) is 0. The van der Waals surface area contributed by atoms with Crippen LogP contribution in [0.4, 0.5) is 0 Å². The molecule has 0 atom stereocenters. The molecular formula is C23H23BrN2O. The van der Waals surface area contributed by atoms with Crippen molar-refractivity contribution in [3.63, 3.8) is 0 Å². The van der Waals surface area contributed by atoms with Crippen LogP contribution in [-0.4, -0.2) is 21.9 Å². The molecule has 1 amide bonds. The molecule has 0 unspecified atom stereocenters. The number of hydrogen-bond acceptors (Lipinski definition) is 1. The van der Waals surface area contributed by atoms with E-state index in [4.69, 9.17) is 0 Å². The van der Waals surface area contributed by atoms with Gasteiger partial charge in [0.1, 0.15) is 0 Å². The van der Waals surface area contributed by atoms with Crippen molar-refractivity contribution in [2.75, 3.05) is 6.54 Å². The molecule has 0 radical (unpaired) electrons. The summed E-state index contributed by atoms with van der Waals surface area (Å²) in [6.07, 6.45) is 3.83. The second kappa shape index (κ2) is 8.87. The van der Waals surface area contributed by atoms with Crippen molar-refractivity contribution in [3.8, 4) is 0 Å². The van der Waals surface area contributed by atoms with Crippen LogP contribution >= 0.6 is 15.9 Å². The fraction of sp³-hybridized carbons (Fsp3) is 0.174. The molecule has 0 aliphatic rings. The zero-order chi connectivity index (χ0) is 19.2. The molecule has 3 rings (SSSR count). The number of carbonyl (C=O) groups excluding carboxylic acids is 1. The van der Waals surface area contributed by atoms with Gasteiger partial charge < -0.3 is 9.47 Å². The number of benzene rings is 2. The Bertz CT molecular complexity index is 910. The van der Waals surface area contributed by atoms with Crippen LogP contribution in [0.15, 0.2) is 84.0 Å². The maximum absolute atomic E-state index is 12.9. The van der Waals surface area contributed by atoms with Crippen LogP contribution < -0.4 is 0 Å². The summed E-state index contributed by atoms with van der Waals surface area (Å²) < 4.78 is 3.25. The highest BCUT2D eigenvalue weighted by Gasteiger charge is 2.16. The molecule has 0 fully saturated rings. The second-order valence-electron chi connectivity index (χ2n) is 6.59. The molecule has 1 heterocycles. The summed E-state index contributed by atoms with van der Waals surface area (Å²) in [6, 6.07) is 20.1. The van der Waals surface area contributed by atoms with Gasteiger partial charge in [-0.3, -0.25) is 4.79 Å². The minimum atomic E-state index is 0.0197. The molecule has 27 heavy (non-hydrogen) atoms. The Hall–Kier alpha value is -2.59. The largest absolute Gasteiger partial charge is 0.345 e. The second-order valence-corrected chi connectivity index (χ2v) is 7.51. The van der Waals surface area contributed by atoms with Gasteiger partial charge in [-0.25, -0.2) is 0 Å². The van der Waals surface area contributed by atoms with Crippen LogP contribution in [0.2, 0.25) is 0 Å². The summed E-state index contributed by atoms with van der Waals surface area (Å²) in [4.78, 5) is 14.8. The van der Waals surface area contributed by atoms with Crippen molar-refractivity contribution in [2.24, 2.45) is 0 Å². The molecule has 0 saturated heterocycles. The SMILES string of the molecule is C=CCN(Cc1cccn1Cc1ccc(Br)cc1)C(=O)c1ccc(C)cc1. The Kier molecular flexibility index (Phi) is 6.30. The van der Waals surface area contributed by atoms with Gasteiger partial charge in [-0.2, -0.15) is 0 Å². The molecule has 138 valence electrons. The lowest BCUT2D eigenvalue weighted by Gasteiger charge is -2.22. The maximum Gasteiger partial charge on any atom is 0.254 e. The number of rotatable bonds is 7. The topological polar surface area (TPSA) is 25.2 Å². The summed E-state index contributed by atoms with van der Waals surface area (Å²) in [5.74, 6) is 0.0197. The van der Waals surface area contributed by atoms with Gasteiger partial charge in [0, 0.05) is 35.0 Å². The number of hydrogen-bond donors (Lipinski definition) is 0. The first-order chi connectivity index (χ1) is 13.1. The fourth-order valence-corrected chi connectivity index (χ4v) is 3.25. The van der Waals surface area contributed by atoms with Crippen molar-refractivity contribution < 1.29 is 4.79 Å². The van der Waals surface area contributed by atoms with E-state index in [1.807, 2.05) is 54.3 Å². The third kappa shape index (κ3) is 4.98. The lowest BCUT2D eigenvalue weighted by molar-refractivity contribution is 0.0759. The molecule has 3 aromatic rings. The van der Waals surface area contributed by atoms with Crippen LogP contribution in [0.5, 0.6) is 0 Å². The standard InChI is InChI=1S/C23H23BrN2O/c1-3-14-26(23(27)20-10-6-18(2)7-11-20)17-22-5-4-15-25(22)16-19-8-12-21(24)13-9-19/h3-13,15H,1,14,16-17H2,2H3. The van der Waals surface area contributed by atoms with Crippen LogP contribution in [0.1, 0.15) is 27.2 Å². The van der Waals surface area contributed by atoms with Crippen molar-refractivity contribution in [1.29, 1.82) is 0 Å². The zero-order valence-electron chi connectivity index (χ0n) is 15.4. The Morgan fingerprint density at radius 2 is 1.81 bits per heavy atom. The first kappa shape index (κ1) is 19.2. The molecule has 0 N–H and O–H groups in total. The van der Waals surface area contributed by atoms with E-state index in [0.29, 0.717) is 18.7 Å². The molecule has 0 bridgehead atoms. The monoisotopic (exact) mass is 422 g/mol. The van der Waals surface area contributed by atoms with Crippen LogP contribution in [0, 0.1) is 6.92 Å². The molecule has 0 saturated carbocycles. The lowest BCUT2D eigenvalue weighted by Crippen LogP contribution is -2.31. The average Bonchev–Trinajstić information content (AvgIpc) is 3.10. The molecule has 4 heteroatoms. The maximum atomic E-state index is 12.9. The number of amides is 1. The van der Waals surface area contributed by atoms with Crippen LogP contribution in [-0.2, 0) is 13.1 Å². The predicted octanol–water partition coefficient (Wildman–Crippen LogP) is 5.44. The Labute approximate surface area is 169 Å². The quantitative estimate of drug-likeness (QED) is 0.465. The molecular weight excluding hydrogens is 400 g/mol. The van der Waals surface area contributed by atoms with Gasteiger partial charge in [-0.05, 0) is 48.9 Å². The first-order valence-corrected chi connectivity index (χ1v) is 9.71. The molecule has 0 spiro atoms. The molecule has 3 nitrogen and oxygen atoms in total. The predicted molar refractivity (Wildman–Crippen MR) is 114 cm³/mol. The highest BCUT2D eigenvalue weighted by molar-refractivity contribution is 9.10. The minimum Gasteiger partial charge on any atom is -0.345 e. The van der Waals surface area contributed by atoms with Gasteiger partial charge in [0.05, 0.1) is 6.54 Å². The van der Waals surface area contributed by atoms with Gasteiger partial charge in [0.15, 0.2) is 0 Å². The Morgan fingerprint density at radius 3 is 2.48 bits per heavy atom. The van der Waals surface area contributed by atoms with Crippen LogP contribution in [0.25, 0.3) is 0 Å². The van der Waals surface area contributed by atoms with E-state index < -0.39 is 0 Å². The smallest absolute Gasteiger partial charge is 0.254 e. The van der Waals surface area contributed by atoms with E-state index in [-0.39, 0.29) is 5.91 Å². The number of carbonyl (C=O) groups is 1. The Balaban J connectivity index is 1.78. The molecule has 0 aliphatic heterocycles. The molecule has 0 aliphatic carbocycles. The number of nitrogens with zero attached hydrogens (tertiary/aromatic N) is 2. The van der Waals surface area contributed by atoms with Crippen molar-refractivity contribution in [1.82, 2.24) is 9.47 Å². The lowest BCUT2D eigenvalue weighted by atomic mass is 10.1. The number of aromatic nitrogens is 1. The van der Waals surface area contributed by atoms with Gasteiger partial charge in [-0.1, -0.05) is 51.8 Å². The molecule has 1 aromatic heterocycles. The number of aryl methyl sites for hydroxylation is 1. The van der Waals surface area contributed by atoms with E-state index in [2.05, 4.69) is 51.5 Å². The molecule has 2 aromatic carbocycles. The van der Waals surface area contributed by atoms with Crippen molar-refractivity contribution in [3.05, 3.63) is 106 Å². The van der Waals surface area contributed by atoms with Gasteiger partial charge >= 0.3 is 0 Å². The summed E-state index contributed by atoms with van der Waals surface area (Å²) in [7, 11) is 0. The van der Waals surface area contributed by atoms with E-state index >= 15 is 0 Å². The average molecular weight is 423 g/mol. The minimum absolute atomic E-state index is 0.0197. The summed E-state index contributed by atoms with van der Waals surface area (Å²) in [6.45, 7) is 7.66. The third-order valence-electron chi connectivity index (χ3n) is 4.48. The first-order valence-electron chi connectivity index (χ1n) is 8.92. The van der Waals surface area contributed by atoms with E-state index in [1.165, 1.54) is 5.56 Å². The third-order valence-corrected chi connectivity index (χ3v) is 5.01. The Morgan fingerprint density at radius 1 is 1.11 bits per heavy atom. The van der Waals surface area contributed by atoms with E-state index in [0.717, 1.165) is 22.3 Å². The summed E-state index contributed by atoms with van der Waals surface area (Å²) in [5.41, 5.74) is 4.16. The highest BCUT2D eigenvalue weighted by Crippen LogP contribution is 2.16. The van der Waals surface area contributed by atoms with Gasteiger partial charge in [0.2, 0.25) is 0 Å². The van der Waals surface area contributed by atoms with Crippen LogP contribution in [0.3, 0.4) is 0 Å². The van der Waals surface area contributed by atoms with E-state index in [1.54, 1.807) is 6.08 Å². The van der Waals surface area contributed by atoms with Crippen molar-refractivity contribution in [2.45, 2.75) is 20.0 Å². The zero-order valence-corrected chi connectivity index (χ0v) is 17.0. The van der Waals surface area contributed by atoms with Crippen molar-refractivity contribution >= 4 is 21.8 Å². The van der Waals surface area contributed by atoms with Gasteiger partial charge in [0.25, 0.3) is 5.91 Å². The van der Waals surface area contributed by atoms with E-state index in [9.17, 15) is 4.79 Å². The summed E-state index contributed by atoms with van der Waals surface area (Å²) >= 11 is 3.47. The highest BCUT2D eigenvalue weighted by atomic mass is 79.9. The van der Waals surface area contributed by atoms with Gasteiger partial charge in [-0.15, -0.1) is 6.58 Å².